The number of rotatable bonds is 4. The number of nitrogens with one attached hydrogen (secondary N) is 1. The number of ether oxygens (including phenoxy) is 1. The van der Waals surface area contributed by atoms with Crippen LogP contribution >= 0.6 is 0 Å². The summed E-state index contributed by atoms with van der Waals surface area (Å²) in [5.41, 5.74) is 5.90. The molecule has 0 spiro atoms. The summed E-state index contributed by atoms with van der Waals surface area (Å²) < 4.78 is 5.16. The molecule has 0 aliphatic carbocycles. The van der Waals surface area contributed by atoms with Crippen molar-refractivity contribution in [2.75, 3.05) is 18.2 Å². The highest BCUT2D eigenvalue weighted by atomic mass is 16.5. The van der Waals surface area contributed by atoms with Crippen LogP contribution in [-0.2, 0) is 0 Å². The maximum Gasteiger partial charge on any atom is 0.143 e. The first-order chi connectivity index (χ1) is 7.67. The zero-order valence-electron chi connectivity index (χ0n) is 11.2. The predicted octanol–water partition coefficient (Wildman–Crippen LogP) is 2.24. The van der Waals surface area contributed by atoms with Crippen molar-refractivity contribution in [3.05, 3.63) is 18.2 Å². The molecule has 96 valence electrons. The van der Waals surface area contributed by atoms with Crippen molar-refractivity contribution < 1.29 is 9.84 Å². The minimum absolute atomic E-state index is 0.464. The van der Waals surface area contributed by atoms with E-state index in [0.717, 1.165) is 5.69 Å². The molecule has 1 aromatic rings. The summed E-state index contributed by atoms with van der Waals surface area (Å²) in [6.07, 6.45) is 0. The zero-order valence-corrected chi connectivity index (χ0v) is 11.2. The van der Waals surface area contributed by atoms with Crippen molar-refractivity contribution >= 4 is 11.4 Å². The smallest absolute Gasteiger partial charge is 0.143 e. The Morgan fingerprint density at radius 2 is 1.82 bits per heavy atom. The van der Waals surface area contributed by atoms with Crippen LogP contribution in [0.4, 0.5) is 11.4 Å². The van der Waals surface area contributed by atoms with Crippen molar-refractivity contribution in [2.45, 2.75) is 38.8 Å². The molecule has 0 unspecified atom stereocenters. The summed E-state index contributed by atoms with van der Waals surface area (Å²) in [7, 11) is 1.58. The van der Waals surface area contributed by atoms with Gasteiger partial charge in [-0.3, -0.25) is 0 Å². The zero-order chi connectivity index (χ0) is 13.3. The highest BCUT2D eigenvalue weighted by molar-refractivity contribution is 5.62. The van der Waals surface area contributed by atoms with Gasteiger partial charge < -0.3 is 20.9 Å². The highest BCUT2D eigenvalue weighted by Crippen LogP contribution is 2.30. The van der Waals surface area contributed by atoms with Gasteiger partial charge in [-0.15, -0.1) is 0 Å². The van der Waals surface area contributed by atoms with Crippen LogP contribution in [0.3, 0.4) is 0 Å². The number of nitrogen functional groups attached to an aromatic ring is 1. The Labute approximate surface area is 103 Å². The lowest BCUT2D eigenvalue weighted by atomic mass is 9.86. The first-order valence-electron chi connectivity index (χ1n) is 5.61. The topological polar surface area (TPSA) is 67.5 Å². The molecule has 0 heterocycles. The van der Waals surface area contributed by atoms with Gasteiger partial charge in [0.05, 0.1) is 23.9 Å². The number of hydrogen-bond donors (Lipinski definition) is 3. The van der Waals surface area contributed by atoms with Crippen LogP contribution in [0.2, 0.25) is 0 Å². The van der Waals surface area contributed by atoms with Crippen molar-refractivity contribution in [3.8, 4) is 5.75 Å². The van der Waals surface area contributed by atoms with Crippen LogP contribution in [0, 0.1) is 0 Å². The van der Waals surface area contributed by atoms with Gasteiger partial charge in [0.15, 0.2) is 0 Å². The molecule has 1 rings (SSSR count). The van der Waals surface area contributed by atoms with Crippen molar-refractivity contribution in [2.24, 2.45) is 0 Å². The Morgan fingerprint density at radius 1 is 1.24 bits per heavy atom. The maximum atomic E-state index is 10.1. The minimum atomic E-state index is -0.846. The van der Waals surface area contributed by atoms with E-state index in [-0.39, 0.29) is 0 Å². The van der Waals surface area contributed by atoms with Gasteiger partial charge in [0.2, 0.25) is 0 Å². The van der Waals surface area contributed by atoms with Crippen molar-refractivity contribution in [1.82, 2.24) is 0 Å². The quantitative estimate of drug-likeness (QED) is 0.704. The van der Waals surface area contributed by atoms with E-state index in [4.69, 9.17) is 10.5 Å². The number of nitrogens with two attached hydrogens (primary N) is 1. The molecule has 0 saturated heterocycles. The molecule has 0 atom stereocenters. The third-order valence-corrected chi connectivity index (χ3v) is 3.22. The lowest BCUT2D eigenvalue weighted by Crippen LogP contribution is -2.51. The number of methoxy groups -OCH3 is 1. The molecule has 0 fully saturated rings. The van der Waals surface area contributed by atoms with Gasteiger partial charge in [-0.25, -0.2) is 0 Å². The van der Waals surface area contributed by atoms with E-state index in [9.17, 15) is 5.11 Å². The Balaban J connectivity index is 2.96. The maximum absolute atomic E-state index is 10.1. The number of hydrogen-bond acceptors (Lipinski definition) is 4. The van der Waals surface area contributed by atoms with Crippen LogP contribution in [0.15, 0.2) is 18.2 Å². The summed E-state index contributed by atoms with van der Waals surface area (Å²) >= 11 is 0. The highest BCUT2D eigenvalue weighted by Gasteiger charge is 2.34. The molecule has 4 N–H and O–H groups in total. The first-order valence-corrected chi connectivity index (χ1v) is 5.61. The van der Waals surface area contributed by atoms with Gasteiger partial charge in [0.1, 0.15) is 5.75 Å². The molecule has 0 amide bonds. The van der Waals surface area contributed by atoms with E-state index < -0.39 is 11.1 Å². The van der Waals surface area contributed by atoms with E-state index in [2.05, 4.69) is 5.32 Å². The number of benzene rings is 1. The summed E-state index contributed by atoms with van der Waals surface area (Å²) in [5.74, 6) is 0.626. The Bertz CT molecular complexity index is 395. The van der Waals surface area contributed by atoms with Crippen LogP contribution in [0.1, 0.15) is 27.7 Å². The van der Waals surface area contributed by atoms with Crippen LogP contribution in [0.25, 0.3) is 0 Å². The average Bonchev–Trinajstić information content (AvgIpc) is 2.19. The van der Waals surface area contributed by atoms with E-state index in [1.54, 1.807) is 27.0 Å². The van der Waals surface area contributed by atoms with Crippen LogP contribution in [-0.4, -0.2) is 23.4 Å². The van der Waals surface area contributed by atoms with E-state index in [0.29, 0.717) is 11.4 Å². The van der Waals surface area contributed by atoms with Gasteiger partial charge in [-0.2, -0.15) is 0 Å². The van der Waals surface area contributed by atoms with Gasteiger partial charge >= 0.3 is 0 Å². The van der Waals surface area contributed by atoms with E-state index >= 15 is 0 Å². The van der Waals surface area contributed by atoms with Crippen molar-refractivity contribution in [1.29, 1.82) is 0 Å². The van der Waals surface area contributed by atoms with Gasteiger partial charge in [0, 0.05) is 11.8 Å². The summed E-state index contributed by atoms with van der Waals surface area (Å²) in [5, 5.41) is 13.3. The van der Waals surface area contributed by atoms with E-state index in [1.165, 1.54) is 0 Å². The summed E-state index contributed by atoms with van der Waals surface area (Å²) in [6.45, 7) is 7.43. The molecule has 0 bridgehead atoms. The van der Waals surface area contributed by atoms with E-state index in [1.807, 2.05) is 26.0 Å². The van der Waals surface area contributed by atoms with Crippen LogP contribution < -0.4 is 15.8 Å². The lowest BCUT2D eigenvalue weighted by Gasteiger charge is -2.39. The molecule has 4 heteroatoms. The standard InChI is InChI=1S/C13H22N2O2/c1-12(2,13(3,4)16)15-9-6-7-10(14)11(8-9)17-5/h6-8,15-16H,14H2,1-5H3. The van der Waals surface area contributed by atoms with Gasteiger partial charge in [0.25, 0.3) is 0 Å². The fourth-order valence-electron chi connectivity index (χ4n) is 1.30. The molecule has 17 heavy (non-hydrogen) atoms. The monoisotopic (exact) mass is 238 g/mol. The molecule has 0 aromatic heterocycles. The molecular weight excluding hydrogens is 216 g/mol. The first kappa shape index (κ1) is 13.6. The Hall–Kier alpha value is -1.42. The third kappa shape index (κ3) is 3.03. The fraction of sp³-hybridized carbons (Fsp3) is 0.538. The van der Waals surface area contributed by atoms with Gasteiger partial charge in [-0.05, 0) is 39.8 Å². The number of anilines is 2. The molecule has 0 radical (unpaired) electrons. The molecular formula is C13H22N2O2. The normalized spacial score (nSPS) is 12.4. The Kier molecular flexibility index (Phi) is 3.57. The lowest BCUT2D eigenvalue weighted by molar-refractivity contribution is 0.0240. The second-order valence-corrected chi connectivity index (χ2v) is 5.27. The molecule has 0 saturated carbocycles. The van der Waals surface area contributed by atoms with Crippen molar-refractivity contribution in [3.63, 3.8) is 0 Å². The predicted molar refractivity (Wildman–Crippen MR) is 71.4 cm³/mol. The molecule has 0 aliphatic rings. The fourth-order valence-corrected chi connectivity index (χ4v) is 1.30. The SMILES string of the molecule is COc1cc(NC(C)(C)C(C)(C)O)ccc1N. The number of aliphatic hydroxyl groups is 1. The molecule has 1 aromatic carbocycles. The second-order valence-electron chi connectivity index (χ2n) is 5.27. The average molecular weight is 238 g/mol. The van der Waals surface area contributed by atoms with Crippen LogP contribution in [0.5, 0.6) is 5.75 Å². The third-order valence-electron chi connectivity index (χ3n) is 3.22. The Morgan fingerprint density at radius 3 is 2.29 bits per heavy atom. The largest absolute Gasteiger partial charge is 0.495 e. The molecule has 0 aliphatic heterocycles. The summed E-state index contributed by atoms with van der Waals surface area (Å²) in [6, 6.07) is 5.47. The summed E-state index contributed by atoms with van der Waals surface area (Å²) in [4.78, 5) is 0. The second kappa shape index (κ2) is 4.45. The van der Waals surface area contributed by atoms with Gasteiger partial charge in [-0.1, -0.05) is 0 Å². The molecule has 4 nitrogen and oxygen atoms in total. The minimum Gasteiger partial charge on any atom is -0.495 e.